The number of aromatic nitrogens is 3. The van der Waals surface area contributed by atoms with Gasteiger partial charge in [-0.2, -0.15) is 4.98 Å². The van der Waals surface area contributed by atoms with E-state index in [1.54, 1.807) is 24.3 Å². The first kappa shape index (κ1) is 11.3. The SMILES string of the molecule is NC(=O)c1ccc(Nc2ncnc(Cl)n2)cc1. The molecule has 2 rings (SSSR count). The van der Waals surface area contributed by atoms with Crippen LogP contribution in [0.5, 0.6) is 0 Å². The number of hydrogen-bond donors (Lipinski definition) is 2. The fourth-order valence-electron chi connectivity index (χ4n) is 1.18. The van der Waals surface area contributed by atoms with E-state index < -0.39 is 5.91 Å². The summed E-state index contributed by atoms with van der Waals surface area (Å²) in [5, 5.41) is 3.02. The smallest absolute Gasteiger partial charge is 0.248 e. The van der Waals surface area contributed by atoms with Crippen LogP contribution in [0.25, 0.3) is 0 Å². The zero-order chi connectivity index (χ0) is 12.3. The van der Waals surface area contributed by atoms with Gasteiger partial charge in [-0.15, -0.1) is 0 Å². The lowest BCUT2D eigenvalue weighted by molar-refractivity contribution is 0.100. The highest BCUT2D eigenvalue weighted by Crippen LogP contribution is 2.14. The minimum atomic E-state index is -0.472. The molecule has 1 amide bonds. The van der Waals surface area contributed by atoms with E-state index in [2.05, 4.69) is 20.3 Å². The van der Waals surface area contributed by atoms with Gasteiger partial charge in [0.05, 0.1) is 0 Å². The summed E-state index contributed by atoms with van der Waals surface area (Å²) < 4.78 is 0. The van der Waals surface area contributed by atoms with Crippen molar-refractivity contribution in [2.24, 2.45) is 5.73 Å². The van der Waals surface area contributed by atoms with Crippen LogP contribution in [-0.4, -0.2) is 20.9 Å². The van der Waals surface area contributed by atoms with Gasteiger partial charge in [-0.05, 0) is 35.9 Å². The van der Waals surface area contributed by atoms with Crippen LogP contribution in [0, 0.1) is 0 Å². The summed E-state index contributed by atoms with van der Waals surface area (Å²) in [7, 11) is 0. The van der Waals surface area contributed by atoms with Crippen LogP contribution in [0.3, 0.4) is 0 Å². The second-order valence-corrected chi connectivity index (χ2v) is 3.48. The summed E-state index contributed by atoms with van der Waals surface area (Å²) in [4.78, 5) is 22.3. The van der Waals surface area contributed by atoms with Crippen molar-refractivity contribution in [2.75, 3.05) is 5.32 Å². The Kier molecular flexibility index (Phi) is 3.15. The Morgan fingerprint density at radius 2 is 1.94 bits per heavy atom. The standard InChI is InChI=1S/C10H8ClN5O/c11-9-13-5-14-10(16-9)15-7-3-1-6(2-4-7)8(12)17/h1-5H,(H2,12,17)(H,13,14,15,16). The molecule has 0 spiro atoms. The Morgan fingerprint density at radius 3 is 2.53 bits per heavy atom. The lowest BCUT2D eigenvalue weighted by atomic mass is 10.2. The molecular formula is C10H8ClN5O. The first-order chi connectivity index (χ1) is 8.15. The lowest BCUT2D eigenvalue weighted by Crippen LogP contribution is -2.10. The number of carbonyl (C=O) groups is 1. The van der Waals surface area contributed by atoms with Gasteiger partial charge in [-0.25, -0.2) is 9.97 Å². The van der Waals surface area contributed by atoms with Crippen LogP contribution in [0.4, 0.5) is 11.6 Å². The van der Waals surface area contributed by atoms with Crippen molar-refractivity contribution in [3.8, 4) is 0 Å². The first-order valence-corrected chi connectivity index (χ1v) is 5.04. The summed E-state index contributed by atoms with van der Waals surface area (Å²) in [6.45, 7) is 0. The van der Waals surface area contributed by atoms with Crippen molar-refractivity contribution in [3.05, 3.63) is 41.4 Å². The highest BCUT2D eigenvalue weighted by Gasteiger charge is 2.02. The summed E-state index contributed by atoms with van der Waals surface area (Å²) >= 11 is 5.61. The number of amides is 1. The third kappa shape index (κ3) is 2.88. The molecule has 17 heavy (non-hydrogen) atoms. The molecule has 86 valence electrons. The molecule has 6 nitrogen and oxygen atoms in total. The molecule has 2 aromatic rings. The van der Waals surface area contributed by atoms with Gasteiger partial charge in [0.25, 0.3) is 0 Å². The Morgan fingerprint density at radius 1 is 1.24 bits per heavy atom. The Hall–Kier alpha value is -2.21. The van der Waals surface area contributed by atoms with E-state index in [1.807, 2.05) is 0 Å². The number of carbonyl (C=O) groups excluding carboxylic acids is 1. The average Bonchev–Trinajstić information content (AvgIpc) is 2.29. The minimum absolute atomic E-state index is 0.108. The summed E-state index contributed by atoms with van der Waals surface area (Å²) in [5.74, 6) is -0.142. The van der Waals surface area contributed by atoms with Gasteiger partial charge in [-0.1, -0.05) is 0 Å². The molecule has 0 aliphatic heterocycles. The van der Waals surface area contributed by atoms with E-state index in [0.717, 1.165) is 5.69 Å². The van der Waals surface area contributed by atoms with Crippen LogP contribution >= 0.6 is 11.6 Å². The van der Waals surface area contributed by atoms with Crippen LogP contribution in [-0.2, 0) is 0 Å². The normalized spacial score (nSPS) is 9.94. The first-order valence-electron chi connectivity index (χ1n) is 4.66. The highest BCUT2D eigenvalue weighted by atomic mass is 35.5. The van der Waals surface area contributed by atoms with E-state index in [-0.39, 0.29) is 5.28 Å². The number of hydrogen-bond acceptors (Lipinski definition) is 5. The summed E-state index contributed by atoms with van der Waals surface area (Å²) in [6.07, 6.45) is 1.30. The van der Waals surface area contributed by atoms with Gasteiger partial charge in [-0.3, -0.25) is 4.79 Å². The topological polar surface area (TPSA) is 93.8 Å². The molecule has 1 aromatic heterocycles. The maximum Gasteiger partial charge on any atom is 0.248 e. The molecule has 0 saturated heterocycles. The molecule has 0 radical (unpaired) electrons. The Balaban J connectivity index is 2.16. The molecule has 0 bridgehead atoms. The third-order valence-corrected chi connectivity index (χ3v) is 2.15. The zero-order valence-corrected chi connectivity index (χ0v) is 9.35. The second kappa shape index (κ2) is 4.75. The highest BCUT2D eigenvalue weighted by molar-refractivity contribution is 6.28. The lowest BCUT2D eigenvalue weighted by Gasteiger charge is -2.04. The van der Waals surface area contributed by atoms with Crippen LogP contribution in [0.2, 0.25) is 5.28 Å². The van der Waals surface area contributed by atoms with Gasteiger partial charge >= 0.3 is 0 Å². The van der Waals surface area contributed by atoms with Gasteiger partial charge in [0.2, 0.25) is 17.1 Å². The molecule has 0 unspecified atom stereocenters. The molecule has 0 saturated carbocycles. The average molecular weight is 250 g/mol. The number of nitrogens with two attached hydrogens (primary N) is 1. The van der Waals surface area contributed by atoms with Gasteiger partial charge in [0.1, 0.15) is 6.33 Å². The fourth-order valence-corrected chi connectivity index (χ4v) is 1.31. The van der Waals surface area contributed by atoms with E-state index in [9.17, 15) is 4.79 Å². The minimum Gasteiger partial charge on any atom is -0.366 e. The number of anilines is 2. The molecular weight excluding hydrogens is 242 g/mol. The molecule has 3 N–H and O–H groups in total. The van der Waals surface area contributed by atoms with E-state index in [1.165, 1.54) is 6.33 Å². The predicted octanol–water partition coefficient (Wildman–Crippen LogP) is 1.37. The molecule has 7 heteroatoms. The monoisotopic (exact) mass is 249 g/mol. The zero-order valence-electron chi connectivity index (χ0n) is 8.59. The van der Waals surface area contributed by atoms with E-state index in [4.69, 9.17) is 17.3 Å². The summed E-state index contributed by atoms with van der Waals surface area (Å²) in [6, 6.07) is 6.59. The van der Waals surface area contributed by atoms with Crippen molar-refractivity contribution in [1.82, 2.24) is 15.0 Å². The second-order valence-electron chi connectivity index (χ2n) is 3.14. The quantitative estimate of drug-likeness (QED) is 0.857. The number of halogens is 1. The molecule has 0 aliphatic carbocycles. The van der Waals surface area contributed by atoms with Crippen LogP contribution in [0.1, 0.15) is 10.4 Å². The Labute approximate surface area is 102 Å². The molecule has 1 aromatic carbocycles. The van der Waals surface area contributed by atoms with Gasteiger partial charge in [0, 0.05) is 11.3 Å². The van der Waals surface area contributed by atoms with Crippen molar-refractivity contribution in [1.29, 1.82) is 0 Å². The number of nitrogens with one attached hydrogen (secondary N) is 1. The van der Waals surface area contributed by atoms with Crippen molar-refractivity contribution in [2.45, 2.75) is 0 Å². The molecule has 0 atom stereocenters. The third-order valence-electron chi connectivity index (χ3n) is 1.97. The Bertz CT molecular complexity index is 543. The predicted molar refractivity (Wildman–Crippen MR) is 63.1 cm³/mol. The maximum atomic E-state index is 10.9. The van der Waals surface area contributed by atoms with Crippen LogP contribution < -0.4 is 11.1 Å². The molecule has 0 fully saturated rings. The molecule has 1 heterocycles. The molecule has 0 aliphatic rings. The van der Waals surface area contributed by atoms with Gasteiger partial charge in [0.15, 0.2) is 0 Å². The van der Waals surface area contributed by atoms with Crippen molar-refractivity contribution >= 4 is 29.1 Å². The van der Waals surface area contributed by atoms with E-state index in [0.29, 0.717) is 11.5 Å². The number of benzene rings is 1. The fraction of sp³-hybridized carbons (Fsp3) is 0. The van der Waals surface area contributed by atoms with E-state index >= 15 is 0 Å². The van der Waals surface area contributed by atoms with Crippen molar-refractivity contribution in [3.63, 3.8) is 0 Å². The largest absolute Gasteiger partial charge is 0.366 e. The van der Waals surface area contributed by atoms with Crippen LogP contribution in [0.15, 0.2) is 30.6 Å². The number of rotatable bonds is 3. The van der Waals surface area contributed by atoms with Gasteiger partial charge < -0.3 is 11.1 Å². The summed E-state index contributed by atoms with van der Waals surface area (Å²) in [5.41, 5.74) is 6.28. The number of nitrogens with zero attached hydrogens (tertiary/aromatic N) is 3. The number of primary amides is 1. The van der Waals surface area contributed by atoms with Crippen molar-refractivity contribution < 1.29 is 4.79 Å². The maximum absolute atomic E-state index is 10.9.